The molecule has 21 heavy (non-hydrogen) atoms. The SMILES string of the molecule is CNC1CCN(Cc2ccc(OCC3CC3)cc2)CC1.Cl. The van der Waals surface area contributed by atoms with E-state index in [0.717, 1.165) is 24.8 Å². The number of halogens is 1. The second-order valence-corrected chi connectivity index (χ2v) is 6.24. The minimum Gasteiger partial charge on any atom is -0.493 e. The summed E-state index contributed by atoms with van der Waals surface area (Å²) in [7, 11) is 2.07. The molecule has 4 heteroatoms. The van der Waals surface area contributed by atoms with Crippen molar-refractivity contribution >= 4 is 12.4 Å². The van der Waals surface area contributed by atoms with Crippen LogP contribution in [0.1, 0.15) is 31.2 Å². The van der Waals surface area contributed by atoms with Crippen LogP contribution in [0.25, 0.3) is 0 Å². The fourth-order valence-electron chi connectivity index (χ4n) is 2.83. The molecule has 0 atom stereocenters. The van der Waals surface area contributed by atoms with Crippen molar-refractivity contribution in [3.8, 4) is 5.75 Å². The van der Waals surface area contributed by atoms with E-state index >= 15 is 0 Å². The van der Waals surface area contributed by atoms with Crippen LogP contribution in [0.3, 0.4) is 0 Å². The molecule has 0 spiro atoms. The Morgan fingerprint density at radius 2 is 1.76 bits per heavy atom. The van der Waals surface area contributed by atoms with Gasteiger partial charge in [0, 0.05) is 12.6 Å². The lowest BCUT2D eigenvalue weighted by Gasteiger charge is -2.31. The Morgan fingerprint density at radius 1 is 1.10 bits per heavy atom. The van der Waals surface area contributed by atoms with Gasteiger partial charge in [-0.25, -0.2) is 0 Å². The normalized spacial score (nSPS) is 20.0. The summed E-state index contributed by atoms with van der Waals surface area (Å²) < 4.78 is 5.78. The van der Waals surface area contributed by atoms with E-state index < -0.39 is 0 Å². The summed E-state index contributed by atoms with van der Waals surface area (Å²) in [5, 5.41) is 3.38. The van der Waals surface area contributed by atoms with Gasteiger partial charge in [-0.1, -0.05) is 12.1 Å². The first-order valence-electron chi connectivity index (χ1n) is 7.95. The summed E-state index contributed by atoms with van der Waals surface area (Å²) in [6.07, 6.45) is 5.22. The lowest BCUT2D eigenvalue weighted by molar-refractivity contribution is 0.194. The molecule has 1 aliphatic carbocycles. The van der Waals surface area contributed by atoms with Crippen molar-refractivity contribution in [3.05, 3.63) is 29.8 Å². The number of hydrogen-bond acceptors (Lipinski definition) is 3. The second-order valence-electron chi connectivity index (χ2n) is 6.24. The molecule has 0 radical (unpaired) electrons. The average Bonchev–Trinajstić information content (AvgIpc) is 3.32. The highest BCUT2D eigenvalue weighted by atomic mass is 35.5. The van der Waals surface area contributed by atoms with Gasteiger partial charge in [0.25, 0.3) is 0 Å². The van der Waals surface area contributed by atoms with Gasteiger partial charge in [0.2, 0.25) is 0 Å². The molecule has 0 bridgehead atoms. The van der Waals surface area contributed by atoms with Crippen molar-refractivity contribution in [2.45, 2.75) is 38.3 Å². The van der Waals surface area contributed by atoms with E-state index in [2.05, 4.69) is 41.5 Å². The first-order chi connectivity index (χ1) is 9.83. The summed E-state index contributed by atoms with van der Waals surface area (Å²) in [5.74, 6) is 1.85. The summed E-state index contributed by atoms with van der Waals surface area (Å²) in [6, 6.07) is 9.39. The number of nitrogens with one attached hydrogen (secondary N) is 1. The third kappa shape index (κ3) is 5.17. The van der Waals surface area contributed by atoms with E-state index in [1.54, 1.807) is 0 Å². The van der Waals surface area contributed by atoms with E-state index in [1.807, 2.05) is 0 Å². The molecule has 0 unspecified atom stereocenters. The third-order valence-corrected chi connectivity index (χ3v) is 4.51. The number of rotatable bonds is 6. The molecule has 1 aromatic rings. The maximum absolute atomic E-state index is 5.78. The van der Waals surface area contributed by atoms with Gasteiger partial charge in [-0.15, -0.1) is 12.4 Å². The van der Waals surface area contributed by atoms with Crippen LogP contribution < -0.4 is 10.1 Å². The Bertz CT molecular complexity index is 411. The van der Waals surface area contributed by atoms with Crippen molar-refractivity contribution in [2.24, 2.45) is 5.92 Å². The van der Waals surface area contributed by atoms with Crippen molar-refractivity contribution in [2.75, 3.05) is 26.7 Å². The summed E-state index contributed by atoms with van der Waals surface area (Å²) in [4.78, 5) is 2.55. The molecule has 118 valence electrons. The second kappa shape index (κ2) is 8.02. The maximum atomic E-state index is 5.78. The Hall–Kier alpha value is -0.770. The molecule has 1 heterocycles. The Morgan fingerprint density at radius 3 is 2.33 bits per heavy atom. The van der Waals surface area contributed by atoms with Gasteiger partial charge < -0.3 is 10.1 Å². The van der Waals surface area contributed by atoms with Crippen LogP contribution in [0.5, 0.6) is 5.75 Å². The molecule has 3 nitrogen and oxygen atoms in total. The van der Waals surface area contributed by atoms with Crippen LogP contribution in [-0.2, 0) is 6.54 Å². The van der Waals surface area contributed by atoms with Crippen LogP contribution in [-0.4, -0.2) is 37.7 Å². The topological polar surface area (TPSA) is 24.5 Å². The Labute approximate surface area is 134 Å². The highest BCUT2D eigenvalue weighted by molar-refractivity contribution is 5.85. The van der Waals surface area contributed by atoms with Crippen LogP contribution >= 0.6 is 12.4 Å². The zero-order valence-electron chi connectivity index (χ0n) is 12.9. The lowest BCUT2D eigenvalue weighted by atomic mass is 10.0. The van der Waals surface area contributed by atoms with E-state index in [0.29, 0.717) is 6.04 Å². The average molecular weight is 311 g/mol. The largest absolute Gasteiger partial charge is 0.493 e. The minimum atomic E-state index is 0. The lowest BCUT2D eigenvalue weighted by Crippen LogP contribution is -2.40. The van der Waals surface area contributed by atoms with E-state index in [4.69, 9.17) is 4.74 Å². The standard InChI is InChI=1S/C17H26N2O.ClH/c1-18-16-8-10-19(11-9-16)12-14-4-6-17(7-5-14)20-13-15-2-3-15;/h4-7,15-16,18H,2-3,8-13H2,1H3;1H. The van der Waals surface area contributed by atoms with Crippen molar-refractivity contribution in [1.82, 2.24) is 10.2 Å². The van der Waals surface area contributed by atoms with Gasteiger partial charge in [-0.2, -0.15) is 0 Å². The van der Waals surface area contributed by atoms with Crippen molar-refractivity contribution in [1.29, 1.82) is 0 Å². The first-order valence-corrected chi connectivity index (χ1v) is 7.95. The number of ether oxygens (including phenoxy) is 1. The molecule has 1 aliphatic heterocycles. The summed E-state index contributed by atoms with van der Waals surface area (Å²) in [6.45, 7) is 4.37. The fraction of sp³-hybridized carbons (Fsp3) is 0.647. The molecule has 1 N–H and O–H groups in total. The van der Waals surface area contributed by atoms with Crippen LogP contribution in [0.15, 0.2) is 24.3 Å². The molecular formula is C17H27ClN2O. The van der Waals surface area contributed by atoms with E-state index in [1.165, 1.54) is 44.3 Å². The number of likely N-dealkylation sites (tertiary alicyclic amines) is 1. The highest BCUT2D eigenvalue weighted by Crippen LogP contribution is 2.29. The maximum Gasteiger partial charge on any atom is 0.119 e. The molecule has 1 aromatic carbocycles. The Balaban J connectivity index is 0.00000161. The predicted octanol–water partition coefficient (Wildman–Crippen LogP) is 3.08. The first kappa shape index (κ1) is 16.6. The minimum absolute atomic E-state index is 0. The number of hydrogen-bond donors (Lipinski definition) is 1. The van der Waals surface area contributed by atoms with Gasteiger partial charge in [0.1, 0.15) is 5.75 Å². The number of piperidine rings is 1. The zero-order chi connectivity index (χ0) is 13.8. The van der Waals surface area contributed by atoms with Crippen molar-refractivity contribution in [3.63, 3.8) is 0 Å². The quantitative estimate of drug-likeness (QED) is 0.874. The van der Waals surface area contributed by atoms with Gasteiger partial charge in [0.05, 0.1) is 6.61 Å². The van der Waals surface area contributed by atoms with Crippen LogP contribution in [0, 0.1) is 5.92 Å². The molecule has 2 fully saturated rings. The molecule has 0 aromatic heterocycles. The number of benzene rings is 1. The van der Waals surface area contributed by atoms with Crippen LogP contribution in [0.2, 0.25) is 0 Å². The van der Waals surface area contributed by atoms with Gasteiger partial charge in [-0.3, -0.25) is 4.90 Å². The molecule has 3 rings (SSSR count). The third-order valence-electron chi connectivity index (χ3n) is 4.51. The summed E-state index contributed by atoms with van der Waals surface area (Å²) >= 11 is 0. The molecule has 0 amide bonds. The smallest absolute Gasteiger partial charge is 0.119 e. The Kier molecular flexibility index (Phi) is 6.34. The molecule has 1 saturated heterocycles. The van der Waals surface area contributed by atoms with Crippen molar-refractivity contribution < 1.29 is 4.74 Å². The molecule has 2 aliphatic rings. The van der Waals surface area contributed by atoms with Gasteiger partial charge >= 0.3 is 0 Å². The number of nitrogens with zero attached hydrogens (tertiary/aromatic N) is 1. The fourth-order valence-corrected chi connectivity index (χ4v) is 2.83. The van der Waals surface area contributed by atoms with Crippen LogP contribution in [0.4, 0.5) is 0 Å². The highest BCUT2D eigenvalue weighted by Gasteiger charge is 2.22. The van der Waals surface area contributed by atoms with E-state index in [9.17, 15) is 0 Å². The van der Waals surface area contributed by atoms with Gasteiger partial charge in [-0.05, 0) is 69.4 Å². The summed E-state index contributed by atoms with van der Waals surface area (Å²) in [5.41, 5.74) is 1.40. The molecule has 1 saturated carbocycles. The monoisotopic (exact) mass is 310 g/mol. The predicted molar refractivity (Wildman–Crippen MR) is 89.3 cm³/mol. The molecular weight excluding hydrogens is 284 g/mol. The van der Waals surface area contributed by atoms with E-state index in [-0.39, 0.29) is 12.4 Å². The zero-order valence-corrected chi connectivity index (χ0v) is 13.7. The van der Waals surface area contributed by atoms with Gasteiger partial charge in [0.15, 0.2) is 0 Å².